The van der Waals surface area contributed by atoms with Gasteiger partial charge in [-0.1, -0.05) is 60.1 Å². The van der Waals surface area contributed by atoms with Crippen molar-refractivity contribution in [2.45, 2.75) is 30.4 Å². The molecule has 4 aromatic rings. The van der Waals surface area contributed by atoms with Crippen LogP contribution in [-0.4, -0.2) is 49.9 Å². The van der Waals surface area contributed by atoms with E-state index in [4.69, 9.17) is 16.3 Å². The van der Waals surface area contributed by atoms with Crippen LogP contribution in [0.1, 0.15) is 12.5 Å². The van der Waals surface area contributed by atoms with Crippen LogP contribution in [-0.2, 0) is 26.2 Å². The van der Waals surface area contributed by atoms with Gasteiger partial charge in [0.1, 0.15) is 23.6 Å². The molecular weight excluding hydrogens is 575 g/mol. The molecule has 12 heteroatoms. The first kappa shape index (κ1) is 29.4. The van der Waals surface area contributed by atoms with Gasteiger partial charge in [0.2, 0.25) is 5.91 Å². The van der Waals surface area contributed by atoms with Crippen molar-refractivity contribution < 1.29 is 22.7 Å². The quantitative estimate of drug-likeness (QED) is 0.331. The molecule has 210 valence electrons. The van der Waals surface area contributed by atoms with Gasteiger partial charge in [-0.3, -0.25) is 9.59 Å². The summed E-state index contributed by atoms with van der Waals surface area (Å²) < 4.78 is 34.4. The second-order valence-corrected chi connectivity index (χ2v) is 11.3. The van der Waals surface area contributed by atoms with Gasteiger partial charge >= 0.3 is 0 Å². The fraction of sp³-hybridized carbons (Fsp3) is 0.214. The molecule has 40 heavy (non-hydrogen) atoms. The summed E-state index contributed by atoms with van der Waals surface area (Å²) in [6.45, 7) is 1.57. The van der Waals surface area contributed by atoms with Crippen LogP contribution in [0.15, 0.2) is 83.8 Å². The molecule has 1 aliphatic rings. The molecule has 2 N–H and O–H groups in total. The van der Waals surface area contributed by atoms with Crippen LogP contribution in [0.2, 0.25) is 5.15 Å². The van der Waals surface area contributed by atoms with Gasteiger partial charge in [0.15, 0.2) is 0 Å². The van der Waals surface area contributed by atoms with E-state index < -0.39 is 28.0 Å². The van der Waals surface area contributed by atoms with Gasteiger partial charge in [0.25, 0.3) is 15.9 Å². The van der Waals surface area contributed by atoms with Crippen LogP contribution < -0.4 is 20.3 Å². The number of benzene rings is 3. The molecule has 0 saturated carbocycles. The zero-order chi connectivity index (χ0) is 27.7. The summed E-state index contributed by atoms with van der Waals surface area (Å²) in [6.07, 6.45) is 0. The number of halogens is 2. The monoisotopic (exact) mass is 602 g/mol. The second-order valence-electron chi connectivity index (χ2n) is 9.14. The van der Waals surface area contributed by atoms with Crippen LogP contribution in [0, 0.1) is 0 Å². The Hall–Kier alpha value is -3.57. The Morgan fingerprint density at radius 3 is 2.42 bits per heavy atom. The highest BCUT2D eigenvalue weighted by atomic mass is 35.5. The maximum Gasteiger partial charge on any atom is 0.269 e. The minimum atomic E-state index is -4.04. The third-order valence-electron chi connectivity index (χ3n) is 6.74. The number of aromatic nitrogens is 1. The third kappa shape index (κ3) is 5.27. The van der Waals surface area contributed by atoms with Crippen molar-refractivity contribution in [3.8, 4) is 5.75 Å². The number of para-hydroxylation sites is 3. The lowest BCUT2D eigenvalue weighted by atomic mass is 10.1. The Labute approximate surface area is 243 Å². The standard InChI is InChI=1S/C28H27ClN4O5S.ClH/c1-18(30-2)27(34)31-22-17-38-25-15-9-8-14-24(25)32(28(22)35)16-21-20-12-6-7-13-23(20)33(26(21)29)39(36,37)19-10-4-3-5-11-19;/h3-15,18,22,30H,16-17H2,1-2H3,(H,31,34);1H/t18-,22-;/m0./s1. The zero-order valence-corrected chi connectivity index (χ0v) is 24.1. The number of anilines is 1. The highest BCUT2D eigenvalue weighted by Gasteiger charge is 2.35. The molecule has 0 spiro atoms. The van der Waals surface area contributed by atoms with Gasteiger partial charge in [0, 0.05) is 10.9 Å². The van der Waals surface area contributed by atoms with Crippen LogP contribution in [0.25, 0.3) is 10.9 Å². The van der Waals surface area contributed by atoms with Crippen molar-refractivity contribution in [1.82, 2.24) is 14.6 Å². The lowest BCUT2D eigenvalue weighted by Crippen LogP contribution is -2.53. The molecule has 5 rings (SSSR count). The lowest BCUT2D eigenvalue weighted by Gasteiger charge is -2.25. The largest absolute Gasteiger partial charge is 0.489 e. The van der Waals surface area contributed by atoms with E-state index in [2.05, 4.69) is 10.6 Å². The van der Waals surface area contributed by atoms with Gasteiger partial charge in [-0.2, -0.15) is 0 Å². The Bertz CT molecular complexity index is 1660. The van der Waals surface area contributed by atoms with Crippen LogP contribution in [0.4, 0.5) is 5.69 Å². The Kier molecular flexibility index (Phi) is 8.74. The molecule has 2 heterocycles. The van der Waals surface area contributed by atoms with Gasteiger partial charge in [-0.25, -0.2) is 12.4 Å². The first-order valence-corrected chi connectivity index (χ1v) is 14.1. The highest BCUT2D eigenvalue weighted by molar-refractivity contribution is 7.90. The lowest BCUT2D eigenvalue weighted by molar-refractivity contribution is -0.129. The molecule has 0 aliphatic carbocycles. The van der Waals surface area contributed by atoms with Crippen molar-refractivity contribution in [3.05, 3.63) is 89.6 Å². The van der Waals surface area contributed by atoms with Crippen molar-refractivity contribution in [1.29, 1.82) is 0 Å². The zero-order valence-electron chi connectivity index (χ0n) is 21.7. The maximum absolute atomic E-state index is 13.9. The average molecular weight is 604 g/mol. The van der Waals surface area contributed by atoms with Gasteiger partial charge in [-0.15, -0.1) is 12.4 Å². The number of fused-ring (bicyclic) bond motifs is 2. The van der Waals surface area contributed by atoms with Gasteiger partial charge in [0.05, 0.1) is 28.7 Å². The first-order chi connectivity index (χ1) is 18.7. The number of nitrogens with one attached hydrogen (secondary N) is 2. The second kappa shape index (κ2) is 11.9. The number of likely N-dealkylation sites (N-methyl/N-ethyl adjacent to an activating group) is 1. The predicted molar refractivity (Wildman–Crippen MR) is 157 cm³/mol. The van der Waals surface area contributed by atoms with E-state index in [1.165, 1.54) is 17.0 Å². The predicted octanol–water partition coefficient (Wildman–Crippen LogP) is 3.97. The summed E-state index contributed by atoms with van der Waals surface area (Å²) in [5, 5.41) is 6.17. The highest BCUT2D eigenvalue weighted by Crippen LogP contribution is 2.38. The first-order valence-electron chi connectivity index (χ1n) is 12.3. The number of carbonyl (C=O) groups is 2. The van der Waals surface area contributed by atoms with Crippen molar-refractivity contribution in [3.63, 3.8) is 0 Å². The fourth-order valence-corrected chi connectivity index (χ4v) is 6.51. The number of nitrogens with zero attached hydrogens (tertiary/aromatic N) is 2. The number of ether oxygens (including phenoxy) is 1. The molecule has 0 radical (unpaired) electrons. The van der Waals surface area contributed by atoms with Crippen molar-refractivity contribution >= 4 is 62.4 Å². The molecule has 0 bridgehead atoms. The van der Waals surface area contributed by atoms with Crippen LogP contribution in [0.5, 0.6) is 5.75 Å². The number of rotatable bonds is 7. The maximum atomic E-state index is 13.9. The summed E-state index contributed by atoms with van der Waals surface area (Å²) in [5.74, 6) is -0.301. The Balaban J connectivity index is 0.00000370. The van der Waals surface area contributed by atoms with E-state index in [-0.39, 0.29) is 41.5 Å². The summed E-state index contributed by atoms with van der Waals surface area (Å²) in [5.41, 5.74) is 1.33. The molecule has 0 fully saturated rings. The molecule has 0 unspecified atom stereocenters. The van der Waals surface area contributed by atoms with Gasteiger partial charge in [-0.05, 0) is 44.3 Å². The van der Waals surface area contributed by atoms with E-state index in [1.54, 1.807) is 80.7 Å². The normalized spacial score (nSPS) is 15.9. The molecular formula is C28H28Cl2N4O5S. The molecule has 3 aromatic carbocycles. The molecule has 1 aromatic heterocycles. The van der Waals surface area contributed by atoms with E-state index in [1.807, 2.05) is 0 Å². The number of hydrogen-bond acceptors (Lipinski definition) is 6. The smallest absolute Gasteiger partial charge is 0.269 e. The summed E-state index contributed by atoms with van der Waals surface area (Å²) in [6, 6.07) is 20.5. The molecule has 0 saturated heterocycles. The molecule has 2 atom stereocenters. The number of amides is 2. The molecule has 2 amide bonds. The Morgan fingerprint density at radius 1 is 1.05 bits per heavy atom. The van der Waals surface area contributed by atoms with Crippen LogP contribution in [0.3, 0.4) is 0 Å². The summed E-state index contributed by atoms with van der Waals surface area (Å²) in [7, 11) is -2.39. The molecule has 1 aliphatic heterocycles. The van der Waals surface area contributed by atoms with E-state index in [0.717, 1.165) is 3.97 Å². The SMILES string of the molecule is CN[C@@H](C)C(=O)N[C@H]1COc2ccccc2N(Cc2c(Cl)n(S(=O)(=O)c3ccccc3)c3ccccc23)C1=O.Cl. The van der Waals surface area contributed by atoms with Crippen molar-refractivity contribution in [2.75, 3.05) is 18.6 Å². The minimum absolute atomic E-state index is 0. The van der Waals surface area contributed by atoms with E-state index >= 15 is 0 Å². The average Bonchev–Trinajstić information content (AvgIpc) is 3.17. The third-order valence-corrected chi connectivity index (χ3v) is 8.97. The Morgan fingerprint density at radius 2 is 1.70 bits per heavy atom. The fourth-order valence-electron chi connectivity index (χ4n) is 4.53. The number of carbonyl (C=O) groups excluding carboxylic acids is 2. The van der Waals surface area contributed by atoms with Crippen LogP contribution >= 0.6 is 24.0 Å². The van der Waals surface area contributed by atoms with Crippen molar-refractivity contribution in [2.24, 2.45) is 0 Å². The van der Waals surface area contributed by atoms with Gasteiger partial charge < -0.3 is 20.3 Å². The minimum Gasteiger partial charge on any atom is -0.489 e. The summed E-state index contributed by atoms with van der Waals surface area (Å²) in [4.78, 5) is 28.1. The van der Waals surface area contributed by atoms with E-state index in [9.17, 15) is 18.0 Å². The van der Waals surface area contributed by atoms with E-state index in [0.29, 0.717) is 27.9 Å². The molecule has 9 nitrogen and oxygen atoms in total. The summed E-state index contributed by atoms with van der Waals surface area (Å²) >= 11 is 6.84. The number of hydrogen-bond donors (Lipinski definition) is 2. The topological polar surface area (TPSA) is 110 Å².